The van der Waals surface area contributed by atoms with Gasteiger partial charge in [-0.05, 0) is 73.7 Å². The van der Waals surface area contributed by atoms with E-state index in [1.54, 1.807) is 18.3 Å². The molecule has 5 aromatic rings. The normalized spacial score (nSPS) is 12.8. The lowest BCUT2D eigenvalue weighted by molar-refractivity contribution is -0.384. The third-order valence-corrected chi connectivity index (χ3v) is 10.0. The third kappa shape index (κ3) is 6.85. The van der Waals surface area contributed by atoms with Crippen molar-refractivity contribution in [3.8, 4) is 11.4 Å². The van der Waals surface area contributed by atoms with Crippen LogP contribution in [0.1, 0.15) is 51.7 Å². The van der Waals surface area contributed by atoms with Gasteiger partial charge in [-0.25, -0.2) is 4.99 Å². The lowest BCUT2D eigenvalue weighted by Gasteiger charge is -2.13. The highest BCUT2D eigenvalue weighted by atomic mass is 35.5. The SMILES string of the molecule is CCn1c(Sc2ccc([N+](=O)[O-])cc2C=Nc2sc3c(c2C(=O)NCc2ccccc2)CCCC3)nnc1-c1cccc(Cl)c1. The molecule has 1 N–H and O–H groups in total. The minimum absolute atomic E-state index is 0.0522. The highest BCUT2D eigenvalue weighted by molar-refractivity contribution is 7.99. The second-order valence-corrected chi connectivity index (χ2v) is 13.0. The summed E-state index contributed by atoms with van der Waals surface area (Å²) in [4.78, 5) is 31.5. The lowest BCUT2D eigenvalue weighted by atomic mass is 9.95. The number of carbonyl (C=O) groups is 1. The summed E-state index contributed by atoms with van der Waals surface area (Å²) in [6.07, 6.45) is 5.45. The Bertz CT molecular complexity index is 1900. The van der Waals surface area contributed by atoms with Crippen molar-refractivity contribution >= 4 is 57.5 Å². The van der Waals surface area contributed by atoms with Gasteiger partial charge in [0.2, 0.25) is 0 Å². The minimum atomic E-state index is -0.427. The van der Waals surface area contributed by atoms with E-state index < -0.39 is 4.92 Å². The fourth-order valence-electron chi connectivity index (χ4n) is 5.30. The predicted octanol–water partition coefficient (Wildman–Crippen LogP) is 8.30. The monoisotopic (exact) mass is 656 g/mol. The molecule has 9 nitrogen and oxygen atoms in total. The van der Waals surface area contributed by atoms with Crippen molar-refractivity contribution in [1.29, 1.82) is 0 Å². The molecule has 2 heterocycles. The summed E-state index contributed by atoms with van der Waals surface area (Å²) in [6.45, 7) is 3.02. The zero-order chi connectivity index (χ0) is 31.3. The molecule has 0 unspecified atom stereocenters. The summed E-state index contributed by atoms with van der Waals surface area (Å²) in [5.74, 6) is 0.513. The standard InChI is InChI=1S/C33H29ClN6O3S2/c1-2-39-30(22-11-8-12-24(34)17-22)37-38-33(39)45-27-16-15-25(40(42)43)18-23(27)20-36-32-29(26-13-6-7-14-28(26)44-32)31(41)35-19-21-9-4-3-5-10-21/h3-5,8-12,15-18,20H,2,6-7,13-14,19H2,1H3,(H,35,41). The van der Waals surface area contributed by atoms with Crippen LogP contribution in [0.5, 0.6) is 0 Å². The number of nitrogens with one attached hydrogen (secondary N) is 1. The summed E-state index contributed by atoms with van der Waals surface area (Å²) >= 11 is 9.10. The van der Waals surface area contributed by atoms with Crippen LogP contribution in [-0.2, 0) is 25.9 Å². The molecule has 0 radical (unpaired) electrons. The van der Waals surface area contributed by atoms with E-state index in [9.17, 15) is 14.9 Å². The third-order valence-electron chi connectivity index (χ3n) is 7.52. The van der Waals surface area contributed by atoms with E-state index in [4.69, 9.17) is 16.6 Å². The highest BCUT2D eigenvalue weighted by Gasteiger charge is 2.25. The van der Waals surface area contributed by atoms with Gasteiger partial charge in [0.15, 0.2) is 11.0 Å². The lowest BCUT2D eigenvalue weighted by Crippen LogP contribution is -2.24. The Hall–Kier alpha value is -4.32. The number of hydrogen-bond acceptors (Lipinski definition) is 8. The summed E-state index contributed by atoms with van der Waals surface area (Å²) in [6, 6.07) is 21.9. The van der Waals surface area contributed by atoms with E-state index in [-0.39, 0.29) is 11.6 Å². The zero-order valence-electron chi connectivity index (χ0n) is 24.4. The maximum atomic E-state index is 13.5. The first-order valence-electron chi connectivity index (χ1n) is 14.6. The van der Waals surface area contributed by atoms with Gasteiger partial charge in [0.25, 0.3) is 11.6 Å². The smallest absolute Gasteiger partial charge is 0.270 e. The summed E-state index contributed by atoms with van der Waals surface area (Å²) in [5.41, 5.74) is 4.00. The summed E-state index contributed by atoms with van der Waals surface area (Å²) < 4.78 is 1.97. The molecule has 45 heavy (non-hydrogen) atoms. The number of halogens is 1. The molecule has 0 aliphatic heterocycles. The van der Waals surface area contributed by atoms with Gasteiger partial charge in [0, 0.05) is 57.4 Å². The number of aryl methyl sites for hydroxylation is 1. The van der Waals surface area contributed by atoms with Crippen LogP contribution in [0.4, 0.5) is 10.7 Å². The van der Waals surface area contributed by atoms with Crippen molar-refractivity contribution < 1.29 is 9.72 Å². The van der Waals surface area contributed by atoms with E-state index >= 15 is 0 Å². The second-order valence-electron chi connectivity index (χ2n) is 10.5. The summed E-state index contributed by atoms with van der Waals surface area (Å²) in [5, 5.41) is 25.5. The van der Waals surface area contributed by atoms with Crippen LogP contribution in [0.15, 0.2) is 87.8 Å². The van der Waals surface area contributed by atoms with Crippen molar-refractivity contribution in [3.63, 3.8) is 0 Å². The number of carbonyl (C=O) groups excluding carboxylic acids is 1. The molecule has 3 aromatic carbocycles. The first-order chi connectivity index (χ1) is 21.9. The number of aliphatic imine (C=N–C) groups is 1. The first kappa shape index (κ1) is 30.7. The van der Waals surface area contributed by atoms with Crippen LogP contribution in [0.2, 0.25) is 5.02 Å². The number of amides is 1. The van der Waals surface area contributed by atoms with Crippen LogP contribution in [0.3, 0.4) is 0 Å². The number of nitro groups is 1. The molecule has 12 heteroatoms. The van der Waals surface area contributed by atoms with Crippen LogP contribution < -0.4 is 5.32 Å². The molecule has 2 aromatic heterocycles. The number of rotatable bonds is 10. The number of benzene rings is 3. The molecule has 0 bridgehead atoms. The molecule has 1 aliphatic carbocycles. The van der Waals surface area contributed by atoms with E-state index in [0.717, 1.165) is 47.3 Å². The topological polar surface area (TPSA) is 115 Å². The molecule has 0 saturated heterocycles. The number of aromatic nitrogens is 3. The molecule has 0 spiro atoms. The van der Waals surface area contributed by atoms with Crippen LogP contribution in [-0.4, -0.2) is 31.8 Å². The first-order valence-corrected chi connectivity index (χ1v) is 16.6. The average molecular weight is 657 g/mol. The minimum Gasteiger partial charge on any atom is -0.348 e. The quantitative estimate of drug-likeness (QED) is 0.0918. The number of hydrogen-bond donors (Lipinski definition) is 1. The van der Waals surface area contributed by atoms with Gasteiger partial charge in [-0.2, -0.15) is 0 Å². The van der Waals surface area contributed by atoms with E-state index in [0.29, 0.717) is 45.2 Å². The Balaban J connectivity index is 1.34. The van der Waals surface area contributed by atoms with Gasteiger partial charge in [-0.3, -0.25) is 14.9 Å². The van der Waals surface area contributed by atoms with Crippen LogP contribution in [0, 0.1) is 10.1 Å². The second kappa shape index (κ2) is 13.8. The van der Waals surface area contributed by atoms with Crippen molar-refractivity contribution in [2.24, 2.45) is 4.99 Å². The Morgan fingerprint density at radius 3 is 2.71 bits per heavy atom. The largest absolute Gasteiger partial charge is 0.348 e. The predicted molar refractivity (Wildman–Crippen MR) is 179 cm³/mol. The molecule has 0 atom stereocenters. The maximum Gasteiger partial charge on any atom is 0.270 e. The highest BCUT2D eigenvalue weighted by Crippen LogP contribution is 2.40. The fourth-order valence-corrected chi connectivity index (χ4v) is 7.69. The molecule has 0 fully saturated rings. The van der Waals surface area contributed by atoms with Crippen LogP contribution >= 0.6 is 34.7 Å². The van der Waals surface area contributed by atoms with E-state index in [1.807, 2.05) is 60.0 Å². The fraction of sp³-hybridized carbons (Fsp3) is 0.212. The van der Waals surface area contributed by atoms with Crippen molar-refractivity contribution in [3.05, 3.63) is 115 Å². The van der Waals surface area contributed by atoms with Gasteiger partial charge in [-0.1, -0.05) is 54.1 Å². The van der Waals surface area contributed by atoms with E-state index in [1.165, 1.54) is 40.1 Å². The van der Waals surface area contributed by atoms with Crippen molar-refractivity contribution in [2.75, 3.05) is 0 Å². The Morgan fingerprint density at radius 1 is 1.11 bits per heavy atom. The Kier molecular flexibility index (Phi) is 9.39. The molecule has 1 aliphatic rings. The van der Waals surface area contributed by atoms with Crippen molar-refractivity contribution in [1.82, 2.24) is 20.1 Å². The molecular formula is C33H29ClN6O3S2. The number of nitrogens with zero attached hydrogens (tertiary/aromatic N) is 5. The summed E-state index contributed by atoms with van der Waals surface area (Å²) in [7, 11) is 0. The number of non-ortho nitro benzene ring substituents is 1. The van der Waals surface area contributed by atoms with Gasteiger partial charge >= 0.3 is 0 Å². The number of thiophene rings is 1. The molecular weight excluding hydrogens is 628 g/mol. The number of nitro benzene ring substituents is 1. The zero-order valence-corrected chi connectivity index (χ0v) is 26.8. The molecule has 228 valence electrons. The molecule has 6 rings (SSSR count). The van der Waals surface area contributed by atoms with Crippen molar-refractivity contribution in [2.45, 2.75) is 55.7 Å². The Morgan fingerprint density at radius 2 is 1.93 bits per heavy atom. The Labute approximate surface area is 273 Å². The van der Waals surface area contributed by atoms with Gasteiger partial charge in [0.1, 0.15) is 5.00 Å². The van der Waals surface area contributed by atoms with E-state index in [2.05, 4.69) is 15.5 Å². The molecule has 1 amide bonds. The maximum absolute atomic E-state index is 13.5. The number of fused-ring (bicyclic) bond motifs is 1. The van der Waals surface area contributed by atoms with Gasteiger partial charge in [0.05, 0.1) is 10.5 Å². The molecule has 0 saturated carbocycles. The van der Waals surface area contributed by atoms with Gasteiger partial charge in [-0.15, -0.1) is 21.5 Å². The van der Waals surface area contributed by atoms with Gasteiger partial charge < -0.3 is 9.88 Å². The average Bonchev–Trinajstić information content (AvgIpc) is 3.64. The van der Waals surface area contributed by atoms with Crippen LogP contribution in [0.25, 0.3) is 11.4 Å².